The Balaban J connectivity index is 1.23. The Labute approximate surface area is 202 Å². The van der Waals surface area contributed by atoms with Gasteiger partial charge in [0.2, 0.25) is 0 Å². The van der Waals surface area contributed by atoms with E-state index >= 15 is 0 Å². The van der Waals surface area contributed by atoms with Crippen molar-refractivity contribution in [1.29, 1.82) is 0 Å². The van der Waals surface area contributed by atoms with Crippen molar-refractivity contribution in [1.82, 2.24) is 9.80 Å². The number of nitrogens with zero attached hydrogens (tertiary/aromatic N) is 2. The van der Waals surface area contributed by atoms with E-state index in [0.717, 1.165) is 77.5 Å². The fourth-order valence-electron chi connectivity index (χ4n) is 4.63. The average Bonchev–Trinajstić information content (AvgIpc) is 3.08. The molecule has 6 nitrogen and oxygen atoms in total. The van der Waals surface area contributed by atoms with Gasteiger partial charge < -0.3 is 18.9 Å². The largest absolute Gasteiger partial charge is 0.492 e. The van der Waals surface area contributed by atoms with Crippen LogP contribution in [0.5, 0.6) is 11.5 Å². The van der Waals surface area contributed by atoms with E-state index in [-0.39, 0.29) is 11.6 Å². The quantitative estimate of drug-likeness (QED) is 0.521. The summed E-state index contributed by atoms with van der Waals surface area (Å²) in [5, 5.41) is 0. The second kappa shape index (κ2) is 12.5. The highest BCUT2D eigenvalue weighted by Crippen LogP contribution is 2.29. The molecule has 0 saturated carbocycles. The first-order valence-electron chi connectivity index (χ1n) is 12.3. The fraction of sp³-hybridized carbons (Fsp3) is 0.556. The molecule has 0 unspecified atom stereocenters. The fourth-order valence-corrected chi connectivity index (χ4v) is 4.63. The molecule has 0 N–H and O–H groups in total. The molecule has 2 aromatic rings. The predicted octanol–water partition coefficient (Wildman–Crippen LogP) is 3.99. The lowest BCUT2D eigenvalue weighted by atomic mass is 9.95. The van der Waals surface area contributed by atoms with Crippen LogP contribution in [-0.2, 0) is 16.0 Å². The molecule has 4 rings (SSSR count). The van der Waals surface area contributed by atoms with E-state index in [0.29, 0.717) is 13.2 Å². The number of benzene rings is 2. The molecule has 34 heavy (non-hydrogen) atoms. The zero-order chi connectivity index (χ0) is 23.6. The number of methoxy groups -OCH3 is 1. The van der Waals surface area contributed by atoms with Gasteiger partial charge in [0.25, 0.3) is 0 Å². The second-order valence-corrected chi connectivity index (χ2v) is 9.18. The third-order valence-electron chi connectivity index (χ3n) is 6.86. The number of hydrogen-bond acceptors (Lipinski definition) is 6. The summed E-state index contributed by atoms with van der Waals surface area (Å²) < 4.78 is 37.0. The Morgan fingerprint density at radius 2 is 1.71 bits per heavy atom. The van der Waals surface area contributed by atoms with Gasteiger partial charge in [0.05, 0.1) is 13.2 Å². The van der Waals surface area contributed by atoms with E-state index in [4.69, 9.17) is 18.9 Å². The van der Waals surface area contributed by atoms with Crippen LogP contribution in [0.25, 0.3) is 0 Å². The van der Waals surface area contributed by atoms with E-state index in [1.165, 1.54) is 11.6 Å². The third kappa shape index (κ3) is 7.15. The number of para-hydroxylation sites is 1. The van der Waals surface area contributed by atoms with Crippen molar-refractivity contribution >= 4 is 0 Å². The number of halogens is 1. The standard InChI is InChI=1S/C27H37FN2O4/c1-31-27(22-34-26-6-3-2-5-25(26)28)11-4-13-30(14-12-27)21-23-7-9-24(10-8-23)33-20-17-29-15-18-32-19-16-29/h2-3,5-10H,4,11-22H2,1H3/t27-/m0/s1. The van der Waals surface area contributed by atoms with Gasteiger partial charge in [-0.25, -0.2) is 4.39 Å². The van der Waals surface area contributed by atoms with Crippen molar-refractivity contribution in [3.05, 3.63) is 59.9 Å². The van der Waals surface area contributed by atoms with E-state index in [1.807, 2.05) is 0 Å². The van der Waals surface area contributed by atoms with Gasteiger partial charge in [-0.15, -0.1) is 0 Å². The molecule has 186 valence electrons. The predicted molar refractivity (Wildman–Crippen MR) is 130 cm³/mol. The molecular weight excluding hydrogens is 435 g/mol. The van der Waals surface area contributed by atoms with E-state index in [2.05, 4.69) is 34.1 Å². The average molecular weight is 473 g/mol. The minimum absolute atomic E-state index is 0.285. The molecule has 2 fully saturated rings. The van der Waals surface area contributed by atoms with Gasteiger partial charge in [0.1, 0.15) is 24.6 Å². The Kier molecular flexibility index (Phi) is 9.16. The topological polar surface area (TPSA) is 43.4 Å². The number of morpholine rings is 1. The molecule has 0 radical (unpaired) electrons. The summed E-state index contributed by atoms with van der Waals surface area (Å²) in [4.78, 5) is 4.83. The number of likely N-dealkylation sites (tertiary alicyclic amines) is 1. The normalized spacial score (nSPS) is 22.3. The minimum atomic E-state index is -0.394. The molecule has 2 aliphatic rings. The lowest BCUT2D eigenvalue weighted by molar-refractivity contribution is -0.0548. The Morgan fingerprint density at radius 1 is 0.912 bits per heavy atom. The highest BCUT2D eigenvalue weighted by molar-refractivity contribution is 5.27. The van der Waals surface area contributed by atoms with E-state index in [1.54, 1.807) is 25.3 Å². The van der Waals surface area contributed by atoms with Crippen LogP contribution in [0.15, 0.2) is 48.5 Å². The first-order valence-corrected chi connectivity index (χ1v) is 12.3. The molecule has 0 aliphatic carbocycles. The lowest BCUT2D eigenvalue weighted by Gasteiger charge is -2.31. The first kappa shape index (κ1) is 24.9. The molecule has 0 bridgehead atoms. The maximum absolute atomic E-state index is 13.9. The monoisotopic (exact) mass is 472 g/mol. The third-order valence-corrected chi connectivity index (χ3v) is 6.86. The SMILES string of the molecule is CO[C@@]1(COc2ccccc2F)CCCN(Cc2ccc(OCCN3CCOCC3)cc2)CC1. The number of rotatable bonds is 10. The van der Waals surface area contributed by atoms with Gasteiger partial charge in [0.15, 0.2) is 11.6 Å². The zero-order valence-corrected chi connectivity index (χ0v) is 20.2. The van der Waals surface area contributed by atoms with Gasteiger partial charge >= 0.3 is 0 Å². The van der Waals surface area contributed by atoms with Crippen molar-refractivity contribution < 1.29 is 23.3 Å². The Morgan fingerprint density at radius 3 is 2.47 bits per heavy atom. The molecule has 0 amide bonds. The van der Waals surface area contributed by atoms with E-state index in [9.17, 15) is 4.39 Å². The summed E-state index contributed by atoms with van der Waals surface area (Å²) in [5.41, 5.74) is 0.878. The summed E-state index contributed by atoms with van der Waals surface area (Å²) in [6, 6.07) is 15.0. The molecule has 0 spiro atoms. The minimum Gasteiger partial charge on any atom is -0.492 e. The molecule has 2 saturated heterocycles. The van der Waals surface area contributed by atoms with Crippen LogP contribution in [0.3, 0.4) is 0 Å². The van der Waals surface area contributed by atoms with Crippen molar-refractivity contribution in [2.24, 2.45) is 0 Å². The summed E-state index contributed by atoms with van der Waals surface area (Å²) in [7, 11) is 1.73. The van der Waals surface area contributed by atoms with Crippen LogP contribution >= 0.6 is 0 Å². The van der Waals surface area contributed by atoms with Crippen molar-refractivity contribution in [3.8, 4) is 11.5 Å². The summed E-state index contributed by atoms with van der Waals surface area (Å²) in [5.74, 6) is 0.862. The van der Waals surface area contributed by atoms with Crippen molar-refractivity contribution in [2.75, 3.05) is 66.3 Å². The second-order valence-electron chi connectivity index (χ2n) is 9.18. The van der Waals surface area contributed by atoms with Gasteiger partial charge in [-0.1, -0.05) is 24.3 Å². The van der Waals surface area contributed by atoms with Gasteiger partial charge in [-0.05, 0) is 55.6 Å². The van der Waals surface area contributed by atoms with Crippen LogP contribution in [0.2, 0.25) is 0 Å². The number of ether oxygens (including phenoxy) is 4. The summed E-state index contributed by atoms with van der Waals surface area (Å²) in [6.45, 7) is 8.38. The smallest absolute Gasteiger partial charge is 0.165 e. The molecule has 0 aromatic heterocycles. The van der Waals surface area contributed by atoms with Crippen LogP contribution in [0, 0.1) is 5.82 Å². The van der Waals surface area contributed by atoms with Crippen LogP contribution in [-0.4, -0.2) is 81.7 Å². The van der Waals surface area contributed by atoms with Gasteiger partial charge in [-0.2, -0.15) is 0 Å². The highest BCUT2D eigenvalue weighted by Gasteiger charge is 2.34. The molecule has 2 aromatic carbocycles. The molecule has 2 heterocycles. The zero-order valence-electron chi connectivity index (χ0n) is 20.2. The highest BCUT2D eigenvalue weighted by atomic mass is 19.1. The van der Waals surface area contributed by atoms with Gasteiger partial charge in [-0.3, -0.25) is 9.80 Å². The molecule has 2 aliphatic heterocycles. The lowest BCUT2D eigenvalue weighted by Crippen LogP contribution is -2.39. The van der Waals surface area contributed by atoms with Crippen LogP contribution in [0.4, 0.5) is 4.39 Å². The summed E-state index contributed by atoms with van der Waals surface area (Å²) >= 11 is 0. The van der Waals surface area contributed by atoms with Crippen LogP contribution < -0.4 is 9.47 Å². The summed E-state index contributed by atoms with van der Waals surface area (Å²) in [6.07, 6.45) is 2.75. The van der Waals surface area contributed by atoms with Crippen LogP contribution in [0.1, 0.15) is 24.8 Å². The van der Waals surface area contributed by atoms with Crippen molar-refractivity contribution in [2.45, 2.75) is 31.4 Å². The number of hydrogen-bond donors (Lipinski definition) is 0. The maximum Gasteiger partial charge on any atom is 0.165 e. The maximum atomic E-state index is 13.9. The first-order chi connectivity index (χ1) is 16.7. The molecule has 1 atom stereocenters. The Hall–Kier alpha value is -2.19. The van der Waals surface area contributed by atoms with Gasteiger partial charge in [0, 0.05) is 39.8 Å². The van der Waals surface area contributed by atoms with Crippen molar-refractivity contribution in [3.63, 3.8) is 0 Å². The molecular formula is C27H37FN2O4. The molecule has 7 heteroatoms. The van der Waals surface area contributed by atoms with E-state index < -0.39 is 5.60 Å². The Bertz CT molecular complexity index is 875.